The monoisotopic (exact) mass is 446 g/mol. The number of carbonyl (C=O) groups is 4. The summed E-state index contributed by atoms with van der Waals surface area (Å²) in [6.07, 6.45) is 0.432. The van der Waals surface area contributed by atoms with Crippen LogP contribution in [0.3, 0.4) is 0 Å². The van der Waals surface area contributed by atoms with E-state index in [0.29, 0.717) is 22.0 Å². The van der Waals surface area contributed by atoms with E-state index in [1.165, 1.54) is 12.1 Å². The lowest BCUT2D eigenvalue weighted by atomic mass is 10.2. The maximum absolute atomic E-state index is 11.9. The van der Waals surface area contributed by atoms with Gasteiger partial charge in [-0.2, -0.15) is 0 Å². The summed E-state index contributed by atoms with van der Waals surface area (Å²) in [5.41, 5.74) is 1.43. The lowest BCUT2D eigenvalue weighted by molar-refractivity contribution is -0.147. The predicted molar refractivity (Wildman–Crippen MR) is 116 cm³/mol. The molecule has 0 atom stereocenters. The molecule has 0 saturated heterocycles. The number of nitrogens with one attached hydrogen (secondary N) is 2. The zero-order valence-corrected chi connectivity index (χ0v) is 17.7. The van der Waals surface area contributed by atoms with Gasteiger partial charge >= 0.3 is 11.9 Å². The highest BCUT2D eigenvalue weighted by molar-refractivity contribution is 6.30. The maximum Gasteiger partial charge on any atom is 0.338 e. The molecule has 2 aromatic carbocycles. The van der Waals surface area contributed by atoms with Crippen LogP contribution in [0.1, 0.15) is 36.5 Å². The average Bonchev–Trinajstić information content (AvgIpc) is 2.74. The van der Waals surface area contributed by atoms with Crippen LogP contribution in [0.4, 0.5) is 11.4 Å². The Hall–Kier alpha value is -3.39. The van der Waals surface area contributed by atoms with Gasteiger partial charge in [0.2, 0.25) is 5.91 Å². The van der Waals surface area contributed by atoms with Gasteiger partial charge in [0.15, 0.2) is 6.61 Å². The van der Waals surface area contributed by atoms with E-state index in [9.17, 15) is 19.2 Å². The normalized spacial score (nSPS) is 10.1. The van der Waals surface area contributed by atoms with Crippen LogP contribution in [-0.4, -0.2) is 37.0 Å². The van der Waals surface area contributed by atoms with Crippen LogP contribution in [0.2, 0.25) is 5.02 Å². The van der Waals surface area contributed by atoms with Crippen LogP contribution in [0, 0.1) is 0 Å². The van der Waals surface area contributed by atoms with Gasteiger partial charge in [0, 0.05) is 29.2 Å². The highest BCUT2D eigenvalue weighted by atomic mass is 35.5. The summed E-state index contributed by atoms with van der Waals surface area (Å²) in [5, 5.41) is 5.82. The molecule has 2 N–H and O–H groups in total. The van der Waals surface area contributed by atoms with Crippen molar-refractivity contribution in [3.05, 3.63) is 59.1 Å². The smallest absolute Gasteiger partial charge is 0.338 e. The molecule has 0 aromatic heterocycles. The molecule has 9 heteroatoms. The fourth-order valence-corrected chi connectivity index (χ4v) is 2.60. The van der Waals surface area contributed by atoms with Crippen LogP contribution >= 0.6 is 11.6 Å². The molecule has 31 heavy (non-hydrogen) atoms. The molecule has 0 fully saturated rings. The van der Waals surface area contributed by atoms with Crippen LogP contribution in [-0.2, 0) is 23.9 Å². The highest BCUT2D eigenvalue weighted by Gasteiger charge is 2.11. The summed E-state index contributed by atoms with van der Waals surface area (Å²) in [6.45, 7) is 1.54. The predicted octanol–water partition coefficient (Wildman–Crippen LogP) is 3.81. The van der Waals surface area contributed by atoms with Gasteiger partial charge in [0.1, 0.15) is 0 Å². The van der Waals surface area contributed by atoms with Crippen molar-refractivity contribution in [3.8, 4) is 0 Å². The first-order valence-electron chi connectivity index (χ1n) is 9.65. The third-order valence-electron chi connectivity index (χ3n) is 3.96. The minimum Gasteiger partial charge on any atom is -0.462 e. The summed E-state index contributed by atoms with van der Waals surface area (Å²) in [7, 11) is 0. The standard InChI is InChI=1S/C22H23ClN2O6/c1-2-30-22(29)15-6-10-17(11-7-15)25-20(27)14-31-21(28)5-3-4-19(26)24-18-12-8-16(23)9-13-18/h6-13H,2-5,14H2,1H3,(H,24,26)(H,25,27). The fourth-order valence-electron chi connectivity index (χ4n) is 2.47. The molecule has 2 rings (SSSR count). The number of amides is 2. The summed E-state index contributed by atoms with van der Waals surface area (Å²) in [4.78, 5) is 47.1. The number of carbonyl (C=O) groups excluding carboxylic acids is 4. The van der Waals surface area contributed by atoms with Gasteiger partial charge in [-0.3, -0.25) is 14.4 Å². The van der Waals surface area contributed by atoms with Crippen molar-refractivity contribution in [1.29, 1.82) is 0 Å². The Balaban J connectivity index is 1.64. The molecule has 164 valence electrons. The Morgan fingerprint density at radius 2 is 1.39 bits per heavy atom. The van der Waals surface area contributed by atoms with Crippen molar-refractivity contribution in [1.82, 2.24) is 0 Å². The summed E-state index contributed by atoms with van der Waals surface area (Å²) < 4.78 is 9.79. The Kier molecular flexibility index (Phi) is 9.51. The Morgan fingerprint density at radius 3 is 2.00 bits per heavy atom. The van der Waals surface area contributed by atoms with E-state index in [1.54, 1.807) is 43.3 Å². The lowest BCUT2D eigenvalue weighted by Gasteiger charge is -2.08. The SMILES string of the molecule is CCOC(=O)c1ccc(NC(=O)COC(=O)CCCC(=O)Nc2ccc(Cl)cc2)cc1. The summed E-state index contributed by atoms with van der Waals surface area (Å²) in [6, 6.07) is 12.8. The van der Waals surface area contributed by atoms with Gasteiger partial charge in [0.25, 0.3) is 5.91 Å². The number of hydrogen-bond acceptors (Lipinski definition) is 6. The minimum atomic E-state index is -0.577. The first-order chi connectivity index (χ1) is 14.9. The summed E-state index contributed by atoms with van der Waals surface area (Å²) >= 11 is 5.78. The van der Waals surface area contributed by atoms with Crippen molar-refractivity contribution in [2.75, 3.05) is 23.8 Å². The second-order valence-electron chi connectivity index (χ2n) is 6.42. The quantitative estimate of drug-likeness (QED) is 0.537. The van der Waals surface area contributed by atoms with Gasteiger partial charge in [0.05, 0.1) is 12.2 Å². The highest BCUT2D eigenvalue weighted by Crippen LogP contribution is 2.14. The Labute approximate surface area is 184 Å². The molecule has 2 aromatic rings. The molecule has 0 aliphatic rings. The van der Waals surface area contributed by atoms with Crippen molar-refractivity contribution in [2.45, 2.75) is 26.2 Å². The number of esters is 2. The topological polar surface area (TPSA) is 111 Å². The molecule has 0 aliphatic heterocycles. The van der Waals surface area contributed by atoms with Gasteiger partial charge in [-0.1, -0.05) is 11.6 Å². The molecule has 0 radical (unpaired) electrons. The molecular weight excluding hydrogens is 424 g/mol. The van der Waals surface area contributed by atoms with Crippen molar-refractivity contribution >= 4 is 46.7 Å². The maximum atomic E-state index is 11.9. The largest absolute Gasteiger partial charge is 0.462 e. The number of rotatable bonds is 10. The first kappa shape index (κ1) is 23.9. The second kappa shape index (κ2) is 12.3. The molecule has 8 nitrogen and oxygen atoms in total. The van der Waals surface area contributed by atoms with E-state index < -0.39 is 24.5 Å². The van der Waals surface area contributed by atoms with Crippen molar-refractivity contribution in [3.63, 3.8) is 0 Å². The van der Waals surface area contributed by atoms with Crippen molar-refractivity contribution < 1.29 is 28.7 Å². The third kappa shape index (κ3) is 8.88. The number of anilines is 2. The molecule has 2 amide bonds. The van der Waals surface area contributed by atoms with Gasteiger partial charge in [-0.25, -0.2) is 4.79 Å². The van der Waals surface area contributed by atoms with E-state index in [2.05, 4.69) is 10.6 Å². The molecule has 0 unspecified atom stereocenters. The van der Waals surface area contributed by atoms with Gasteiger partial charge < -0.3 is 20.1 Å². The Morgan fingerprint density at radius 1 is 0.806 bits per heavy atom. The van der Waals surface area contributed by atoms with E-state index in [0.717, 1.165) is 0 Å². The van der Waals surface area contributed by atoms with Gasteiger partial charge in [-0.15, -0.1) is 0 Å². The molecule has 0 bridgehead atoms. The van der Waals surface area contributed by atoms with Gasteiger partial charge in [-0.05, 0) is 61.9 Å². The van der Waals surface area contributed by atoms with Crippen LogP contribution < -0.4 is 10.6 Å². The van der Waals surface area contributed by atoms with Crippen LogP contribution in [0.5, 0.6) is 0 Å². The van der Waals surface area contributed by atoms with E-state index in [4.69, 9.17) is 21.1 Å². The molecular formula is C22H23ClN2O6. The number of hydrogen-bond donors (Lipinski definition) is 2. The molecule has 0 spiro atoms. The number of halogens is 1. The summed E-state index contributed by atoms with van der Waals surface area (Å²) in [5.74, 6) is -1.78. The number of ether oxygens (including phenoxy) is 2. The zero-order valence-electron chi connectivity index (χ0n) is 17.0. The molecule has 0 saturated carbocycles. The molecule has 0 aliphatic carbocycles. The lowest BCUT2D eigenvalue weighted by Crippen LogP contribution is -2.21. The average molecular weight is 447 g/mol. The van der Waals surface area contributed by atoms with E-state index in [-0.39, 0.29) is 31.8 Å². The van der Waals surface area contributed by atoms with Crippen molar-refractivity contribution in [2.24, 2.45) is 0 Å². The minimum absolute atomic E-state index is 0.00948. The first-order valence-corrected chi connectivity index (χ1v) is 10.0. The Bertz CT molecular complexity index is 913. The third-order valence-corrected chi connectivity index (χ3v) is 4.21. The van der Waals surface area contributed by atoms with Crippen LogP contribution in [0.15, 0.2) is 48.5 Å². The van der Waals surface area contributed by atoms with E-state index in [1.807, 2.05) is 0 Å². The van der Waals surface area contributed by atoms with E-state index >= 15 is 0 Å². The number of benzene rings is 2. The molecule has 0 heterocycles. The van der Waals surface area contributed by atoms with Crippen LogP contribution in [0.25, 0.3) is 0 Å². The zero-order chi connectivity index (χ0) is 22.6. The fraction of sp³-hybridized carbons (Fsp3) is 0.273. The second-order valence-corrected chi connectivity index (χ2v) is 6.85.